The molecule has 3 rings (SSSR count). The van der Waals surface area contributed by atoms with Gasteiger partial charge in [0.1, 0.15) is 12.3 Å². The van der Waals surface area contributed by atoms with E-state index in [1.165, 1.54) is 6.07 Å². The van der Waals surface area contributed by atoms with Gasteiger partial charge in [-0.25, -0.2) is 4.68 Å². The highest BCUT2D eigenvalue weighted by Gasteiger charge is 2.11. The average Bonchev–Trinajstić information content (AvgIpc) is 2.66. The van der Waals surface area contributed by atoms with Crippen LogP contribution < -0.4 is 15.6 Å². The van der Waals surface area contributed by atoms with Gasteiger partial charge in [0.25, 0.3) is 5.56 Å². The van der Waals surface area contributed by atoms with Gasteiger partial charge in [-0.15, -0.1) is 0 Å². The summed E-state index contributed by atoms with van der Waals surface area (Å²) in [5, 5.41) is 7.16. The fourth-order valence-corrected chi connectivity index (χ4v) is 2.84. The van der Waals surface area contributed by atoms with Crippen LogP contribution in [-0.4, -0.2) is 22.8 Å². The lowest BCUT2D eigenvalue weighted by atomic mass is 10.1. The Kier molecular flexibility index (Phi) is 5.35. The van der Waals surface area contributed by atoms with Crippen LogP contribution in [0, 0.1) is 13.8 Å². The average molecular weight is 363 g/mol. The van der Waals surface area contributed by atoms with Gasteiger partial charge in [-0.2, -0.15) is 5.10 Å². The lowest BCUT2D eigenvalue weighted by Crippen LogP contribution is -2.29. The van der Waals surface area contributed by atoms with Crippen molar-refractivity contribution in [1.82, 2.24) is 9.78 Å². The first-order chi connectivity index (χ1) is 13.0. The first kappa shape index (κ1) is 18.4. The lowest BCUT2D eigenvalue weighted by molar-refractivity contribution is -0.117. The summed E-state index contributed by atoms with van der Waals surface area (Å²) in [4.78, 5) is 24.6. The van der Waals surface area contributed by atoms with Crippen molar-refractivity contribution in [2.24, 2.45) is 0 Å². The van der Waals surface area contributed by atoms with Gasteiger partial charge in [-0.3, -0.25) is 9.59 Å². The number of anilines is 1. The van der Waals surface area contributed by atoms with E-state index in [4.69, 9.17) is 4.74 Å². The Bertz CT molecular complexity index is 1040. The second kappa shape index (κ2) is 7.86. The quantitative estimate of drug-likeness (QED) is 0.756. The second-order valence-electron chi connectivity index (χ2n) is 6.28. The minimum Gasteiger partial charge on any atom is -0.496 e. The Balaban J connectivity index is 1.84. The van der Waals surface area contributed by atoms with Crippen molar-refractivity contribution in [1.29, 1.82) is 0 Å². The molecule has 0 aliphatic carbocycles. The molecule has 27 heavy (non-hydrogen) atoms. The minimum atomic E-state index is -0.343. The molecular formula is C21H21N3O3. The fourth-order valence-electron chi connectivity index (χ4n) is 2.84. The molecule has 0 saturated heterocycles. The molecule has 0 radical (unpaired) electrons. The standard InChI is InChI=1S/C21H21N3O3/c1-14-8-9-17(15(2)12-14)22-20(25)13-24-21(26)11-10-18(23-24)16-6-4-5-7-19(16)27-3/h4-12H,13H2,1-3H3,(H,22,25). The molecule has 0 aliphatic heterocycles. The summed E-state index contributed by atoms with van der Waals surface area (Å²) in [6.07, 6.45) is 0. The summed E-state index contributed by atoms with van der Waals surface area (Å²) < 4.78 is 6.50. The number of hydrogen-bond donors (Lipinski definition) is 1. The number of nitrogens with zero attached hydrogens (tertiary/aromatic N) is 2. The normalized spacial score (nSPS) is 10.5. The highest BCUT2D eigenvalue weighted by atomic mass is 16.5. The monoisotopic (exact) mass is 363 g/mol. The van der Waals surface area contributed by atoms with E-state index < -0.39 is 0 Å². The molecule has 1 heterocycles. The molecule has 0 saturated carbocycles. The summed E-state index contributed by atoms with van der Waals surface area (Å²) in [5.74, 6) is 0.337. The molecule has 1 N–H and O–H groups in total. The number of nitrogens with one attached hydrogen (secondary N) is 1. The lowest BCUT2D eigenvalue weighted by Gasteiger charge is -2.11. The Morgan fingerprint density at radius 1 is 1.11 bits per heavy atom. The van der Waals surface area contributed by atoms with E-state index in [0.717, 1.165) is 27.1 Å². The van der Waals surface area contributed by atoms with E-state index in [1.807, 2.05) is 56.3 Å². The van der Waals surface area contributed by atoms with Gasteiger partial charge in [-0.1, -0.05) is 29.8 Å². The van der Waals surface area contributed by atoms with Crippen molar-refractivity contribution in [2.45, 2.75) is 20.4 Å². The zero-order chi connectivity index (χ0) is 19.4. The van der Waals surface area contributed by atoms with Gasteiger partial charge in [0, 0.05) is 17.3 Å². The number of benzene rings is 2. The summed E-state index contributed by atoms with van der Waals surface area (Å²) in [6, 6.07) is 16.2. The smallest absolute Gasteiger partial charge is 0.267 e. The third-order valence-corrected chi connectivity index (χ3v) is 4.20. The van der Waals surface area contributed by atoms with Crippen LogP contribution in [-0.2, 0) is 11.3 Å². The zero-order valence-electron chi connectivity index (χ0n) is 15.5. The number of rotatable bonds is 5. The van der Waals surface area contributed by atoms with Gasteiger partial charge in [-0.05, 0) is 43.7 Å². The molecule has 1 amide bonds. The van der Waals surface area contributed by atoms with Crippen LogP contribution in [0.25, 0.3) is 11.3 Å². The van der Waals surface area contributed by atoms with E-state index in [9.17, 15) is 9.59 Å². The Labute approximate surface area is 157 Å². The van der Waals surface area contributed by atoms with E-state index in [1.54, 1.807) is 13.2 Å². The molecule has 0 aliphatic rings. The number of methoxy groups -OCH3 is 1. The minimum absolute atomic E-state index is 0.171. The number of hydrogen-bond acceptors (Lipinski definition) is 4. The molecule has 2 aromatic carbocycles. The predicted octanol–water partition coefficient (Wildman–Crippen LogP) is 3.17. The predicted molar refractivity (Wildman–Crippen MR) is 105 cm³/mol. The van der Waals surface area contributed by atoms with Crippen molar-refractivity contribution >= 4 is 11.6 Å². The Hall–Kier alpha value is -3.41. The highest BCUT2D eigenvalue weighted by Crippen LogP contribution is 2.27. The zero-order valence-corrected chi connectivity index (χ0v) is 15.5. The first-order valence-electron chi connectivity index (χ1n) is 8.56. The maximum atomic E-state index is 12.4. The summed E-state index contributed by atoms with van der Waals surface area (Å²) in [6.45, 7) is 3.75. The SMILES string of the molecule is COc1ccccc1-c1ccc(=O)n(CC(=O)Nc2ccc(C)cc2C)n1. The maximum Gasteiger partial charge on any atom is 0.267 e. The Morgan fingerprint density at radius 2 is 1.89 bits per heavy atom. The number of aromatic nitrogens is 2. The van der Waals surface area contributed by atoms with E-state index in [0.29, 0.717) is 11.4 Å². The molecule has 0 unspecified atom stereocenters. The van der Waals surface area contributed by atoms with Gasteiger partial charge in [0.15, 0.2) is 0 Å². The summed E-state index contributed by atoms with van der Waals surface area (Å²) >= 11 is 0. The number of amides is 1. The van der Waals surface area contributed by atoms with Crippen LogP contribution in [0.4, 0.5) is 5.69 Å². The van der Waals surface area contributed by atoms with Crippen molar-refractivity contribution in [3.8, 4) is 17.0 Å². The van der Waals surface area contributed by atoms with Crippen LogP contribution in [0.15, 0.2) is 59.4 Å². The highest BCUT2D eigenvalue weighted by molar-refractivity contribution is 5.91. The number of ether oxygens (including phenoxy) is 1. The number of aryl methyl sites for hydroxylation is 2. The molecule has 1 aromatic heterocycles. The fraction of sp³-hybridized carbons (Fsp3) is 0.190. The Morgan fingerprint density at radius 3 is 2.63 bits per heavy atom. The van der Waals surface area contributed by atoms with E-state index in [2.05, 4.69) is 10.4 Å². The van der Waals surface area contributed by atoms with Crippen LogP contribution in [0.3, 0.4) is 0 Å². The maximum absolute atomic E-state index is 12.4. The molecule has 6 nitrogen and oxygen atoms in total. The van der Waals surface area contributed by atoms with Crippen molar-refractivity contribution < 1.29 is 9.53 Å². The number of carbonyl (C=O) groups is 1. The van der Waals surface area contributed by atoms with E-state index >= 15 is 0 Å². The molecule has 3 aromatic rings. The molecular weight excluding hydrogens is 342 g/mol. The summed E-state index contributed by atoms with van der Waals surface area (Å²) in [5.41, 5.74) is 3.78. The van der Waals surface area contributed by atoms with Gasteiger partial charge >= 0.3 is 0 Å². The van der Waals surface area contributed by atoms with Gasteiger partial charge in [0.05, 0.1) is 12.8 Å². The molecule has 0 fully saturated rings. The molecule has 0 spiro atoms. The van der Waals surface area contributed by atoms with Crippen molar-refractivity contribution in [3.63, 3.8) is 0 Å². The molecule has 0 atom stereocenters. The van der Waals surface area contributed by atoms with Gasteiger partial charge in [0.2, 0.25) is 5.91 Å². The number of para-hydroxylation sites is 1. The molecule has 0 bridgehead atoms. The summed E-state index contributed by atoms with van der Waals surface area (Å²) in [7, 11) is 1.58. The first-order valence-corrected chi connectivity index (χ1v) is 8.56. The second-order valence-corrected chi connectivity index (χ2v) is 6.28. The molecule has 138 valence electrons. The van der Waals surface area contributed by atoms with Gasteiger partial charge < -0.3 is 10.1 Å². The van der Waals surface area contributed by atoms with Crippen LogP contribution in [0.1, 0.15) is 11.1 Å². The number of carbonyl (C=O) groups excluding carboxylic acids is 1. The third kappa shape index (κ3) is 4.23. The molecule has 6 heteroatoms. The van der Waals surface area contributed by atoms with E-state index in [-0.39, 0.29) is 18.0 Å². The largest absolute Gasteiger partial charge is 0.496 e. The van der Waals surface area contributed by atoms with Crippen molar-refractivity contribution in [3.05, 3.63) is 76.1 Å². The topological polar surface area (TPSA) is 73.2 Å². The van der Waals surface area contributed by atoms with Crippen LogP contribution in [0.2, 0.25) is 0 Å². The van der Waals surface area contributed by atoms with Crippen molar-refractivity contribution in [2.75, 3.05) is 12.4 Å². The van der Waals surface area contributed by atoms with Crippen LogP contribution in [0.5, 0.6) is 5.75 Å². The van der Waals surface area contributed by atoms with Crippen LogP contribution >= 0.6 is 0 Å². The third-order valence-electron chi connectivity index (χ3n) is 4.20.